The van der Waals surface area contributed by atoms with Crippen molar-refractivity contribution in [2.45, 2.75) is 32.2 Å². The van der Waals surface area contributed by atoms with Gasteiger partial charge in [0.05, 0.1) is 0 Å². The van der Waals surface area contributed by atoms with Crippen molar-refractivity contribution < 1.29 is 4.79 Å². The van der Waals surface area contributed by atoms with Crippen LogP contribution in [0.25, 0.3) is 0 Å². The van der Waals surface area contributed by atoms with E-state index < -0.39 is 0 Å². The van der Waals surface area contributed by atoms with Gasteiger partial charge in [-0.25, -0.2) is 0 Å². The zero-order chi connectivity index (χ0) is 13.5. The molecule has 1 amide bonds. The van der Waals surface area contributed by atoms with Gasteiger partial charge in [-0.2, -0.15) is 0 Å². The summed E-state index contributed by atoms with van der Waals surface area (Å²) in [5.74, 6) is 0.214. The molecule has 0 unspecified atom stereocenters. The monoisotopic (exact) mass is 268 g/mol. The Balaban J connectivity index is 1.58. The van der Waals surface area contributed by atoms with Gasteiger partial charge >= 0.3 is 0 Å². The number of carbonyl (C=O) groups is 1. The average Bonchev–Trinajstić information content (AvgIpc) is 2.47. The van der Waals surface area contributed by atoms with Crippen molar-refractivity contribution in [2.75, 3.05) is 52.4 Å². The van der Waals surface area contributed by atoms with Crippen molar-refractivity contribution in [1.29, 1.82) is 0 Å². The van der Waals surface area contributed by atoms with Crippen LogP contribution in [-0.4, -0.2) is 74.1 Å². The Kier molecular flexibility index (Phi) is 6.07. The Labute approximate surface area is 116 Å². The van der Waals surface area contributed by atoms with E-state index in [0.29, 0.717) is 12.5 Å². The number of hydrogen-bond acceptors (Lipinski definition) is 4. The summed E-state index contributed by atoms with van der Waals surface area (Å²) >= 11 is 0. The lowest BCUT2D eigenvalue weighted by Crippen LogP contribution is -2.48. The van der Waals surface area contributed by atoms with Crippen LogP contribution in [0.1, 0.15) is 26.2 Å². The first kappa shape index (κ1) is 14.8. The van der Waals surface area contributed by atoms with Gasteiger partial charge < -0.3 is 20.4 Å². The molecule has 2 aliphatic heterocycles. The van der Waals surface area contributed by atoms with Gasteiger partial charge in [0.1, 0.15) is 0 Å². The normalized spacial score (nSPS) is 26.3. The molecule has 0 radical (unpaired) electrons. The summed E-state index contributed by atoms with van der Waals surface area (Å²) in [5.41, 5.74) is 0. The van der Waals surface area contributed by atoms with Gasteiger partial charge in [-0.3, -0.25) is 4.79 Å². The Hall–Kier alpha value is -0.650. The third-order valence-electron chi connectivity index (χ3n) is 4.23. The van der Waals surface area contributed by atoms with E-state index in [0.717, 1.165) is 58.8 Å². The number of likely N-dealkylation sites (N-methyl/N-ethyl adjacent to an activating group) is 1. The molecule has 0 aromatic heterocycles. The van der Waals surface area contributed by atoms with E-state index in [9.17, 15) is 4.79 Å². The number of hydrogen-bond donors (Lipinski definition) is 2. The summed E-state index contributed by atoms with van der Waals surface area (Å²) in [4.78, 5) is 16.8. The topological polar surface area (TPSA) is 47.6 Å². The van der Waals surface area contributed by atoms with E-state index in [2.05, 4.69) is 27.4 Å². The second-order valence-corrected chi connectivity index (χ2v) is 5.64. The molecular formula is C14H28N4O. The quantitative estimate of drug-likeness (QED) is 0.730. The highest BCUT2D eigenvalue weighted by Gasteiger charge is 2.18. The molecule has 1 atom stereocenters. The van der Waals surface area contributed by atoms with Crippen LogP contribution in [-0.2, 0) is 4.79 Å². The lowest BCUT2D eigenvalue weighted by atomic mass is 10.1. The molecule has 5 nitrogen and oxygen atoms in total. The van der Waals surface area contributed by atoms with Crippen LogP contribution in [0.2, 0.25) is 0 Å². The number of piperazine rings is 1. The third kappa shape index (κ3) is 5.09. The number of amides is 1. The standard InChI is InChI=1S/C14H28N4O/c1-2-17-8-10-18(11-9-17)7-5-14(19)16-13-4-3-6-15-12-13/h13,15H,2-12H2,1H3,(H,16,19)/t13-/m0/s1. The molecule has 0 saturated carbocycles. The minimum atomic E-state index is 0.214. The maximum Gasteiger partial charge on any atom is 0.221 e. The summed E-state index contributed by atoms with van der Waals surface area (Å²) in [6.07, 6.45) is 2.93. The molecule has 110 valence electrons. The zero-order valence-electron chi connectivity index (χ0n) is 12.2. The van der Waals surface area contributed by atoms with E-state index in [4.69, 9.17) is 0 Å². The van der Waals surface area contributed by atoms with Gasteiger partial charge in [0.25, 0.3) is 0 Å². The largest absolute Gasteiger partial charge is 0.352 e. The summed E-state index contributed by atoms with van der Waals surface area (Å²) in [6, 6.07) is 0.346. The molecule has 2 heterocycles. The number of nitrogens with zero attached hydrogens (tertiary/aromatic N) is 2. The van der Waals surface area contributed by atoms with Gasteiger partial charge in [-0.15, -0.1) is 0 Å². The Bertz CT molecular complexity index is 271. The van der Waals surface area contributed by atoms with Crippen LogP contribution in [0.3, 0.4) is 0 Å². The number of piperidine rings is 1. The van der Waals surface area contributed by atoms with Gasteiger partial charge in [0.2, 0.25) is 5.91 Å². The second-order valence-electron chi connectivity index (χ2n) is 5.64. The Morgan fingerprint density at radius 2 is 2.00 bits per heavy atom. The first-order valence-corrected chi connectivity index (χ1v) is 7.72. The van der Waals surface area contributed by atoms with Crippen molar-refractivity contribution in [3.8, 4) is 0 Å². The summed E-state index contributed by atoms with van der Waals surface area (Å²) in [6.45, 7) is 10.8. The Morgan fingerprint density at radius 1 is 1.26 bits per heavy atom. The van der Waals surface area contributed by atoms with Crippen LogP contribution in [0.15, 0.2) is 0 Å². The predicted molar refractivity (Wildman–Crippen MR) is 77.2 cm³/mol. The predicted octanol–water partition coefficient (Wildman–Crippen LogP) is -0.118. The SMILES string of the molecule is CCN1CCN(CCC(=O)N[C@H]2CCCNC2)CC1. The van der Waals surface area contributed by atoms with Crippen LogP contribution >= 0.6 is 0 Å². The molecule has 2 rings (SSSR count). The van der Waals surface area contributed by atoms with E-state index in [-0.39, 0.29) is 5.91 Å². The fourth-order valence-corrected chi connectivity index (χ4v) is 2.86. The summed E-state index contributed by atoms with van der Waals surface area (Å²) < 4.78 is 0. The van der Waals surface area contributed by atoms with E-state index in [1.807, 2.05) is 0 Å². The van der Waals surface area contributed by atoms with Gasteiger partial charge in [0.15, 0.2) is 0 Å². The molecule has 2 fully saturated rings. The minimum Gasteiger partial charge on any atom is -0.352 e. The summed E-state index contributed by atoms with van der Waals surface area (Å²) in [5, 5.41) is 6.47. The molecule has 2 aliphatic rings. The Morgan fingerprint density at radius 3 is 2.63 bits per heavy atom. The van der Waals surface area contributed by atoms with Gasteiger partial charge in [-0.1, -0.05) is 6.92 Å². The molecule has 2 N–H and O–H groups in total. The number of rotatable bonds is 5. The van der Waals surface area contributed by atoms with Crippen molar-refractivity contribution in [1.82, 2.24) is 20.4 Å². The van der Waals surface area contributed by atoms with E-state index in [1.54, 1.807) is 0 Å². The molecule has 0 aromatic carbocycles. The fraction of sp³-hybridized carbons (Fsp3) is 0.929. The minimum absolute atomic E-state index is 0.214. The molecule has 0 aliphatic carbocycles. The zero-order valence-corrected chi connectivity index (χ0v) is 12.2. The first-order chi connectivity index (χ1) is 9.28. The fourth-order valence-electron chi connectivity index (χ4n) is 2.86. The number of nitrogens with one attached hydrogen (secondary N) is 2. The lowest BCUT2D eigenvalue weighted by molar-refractivity contribution is -0.122. The molecule has 2 saturated heterocycles. The van der Waals surface area contributed by atoms with Crippen LogP contribution in [0.4, 0.5) is 0 Å². The highest BCUT2D eigenvalue weighted by molar-refractivity contribution is 5.76. The van der Waals surface area contributed by atoms with Gasteiger partial charge in [-0.05, 0) is 25.9 Å². The lowest BCUT2D eigenvalue weighted by Gasteiger charge is -2.34. The molecular weight excluding hydrogens is 240 g/mol. The van der Waals surface area contributed by atoms with E-state index >= 15 is 0 Å². The average molecular weight is 268 g/mol. The van der Waals surface area contributed by atoms with Crippen LogP contribution in [0.5, 0.6) is 0 Å². The maximum absolute atomic E-state index is 11.9. The number of carbonyl (C=O) groups excluding carboxylic acids is 1. The maximum atomic E-state index is 11.9. The highest BCUT2D eigenvalue weighted by Crippen LogP contribution is 2.04. The highest BCUT2D eigenvalue weighted by atomic mass is 16.1. The molecule has 0 bridgehead atoms. The smallest absolute Gasteiger partial charge is 0.221 e. The van der Waals surface area contributed by atoms with Crippen LogP contribution < -0.4 is 10.6 Å². The molecule has 5 heteroatoms. The third-order valence-corrected chi connectivity index (χ3v) is 4.23. The van der Waals surface area contributed by atoms with E-state index in [1.165, 1.54) is 6.42 Å². The molecule has 0 aromatic rings. The molecule has 19 heavy (non-hydrogen) atoms. The van der Waals surface area contributed by atoms with Crippen molar-refractivity contribution in [2.24, 2.45) is 0 Å². The molecule has 0 spiro atoms. The van der Waals surface area contributed by atoms with Gasteiger partial charge in [0, 0.05) is 51.7 Å². The van der Waals surface area contributed by atoms with Crippen molar-refractivity contribution >= 4 is 5.91 Å². The van der Waals surface area contributed by atoms with Crippen molar-refractivity contribution in [3.63, 3.8) is 0 Å². The summed E-state index contributed by atoms with van der Waals surface area (Å²) in [7, 11) is 0. The first-order valence-electron chi connectivity index (χ1n) is 7.72. The second kappa shape index (κ2) is 7.82. The van der Waals surface area contributed by atoms with Crippen molar-refractivity contribution in [3.05, 3.63) is 0 Å². The van der Waals surface area contributed by atoms with Crippen LogP contribution in [0, 0.1) is 0 Å².